The maximum absolute atomic E-state index is 12.1. The lowest BCUT2D eigenvalue weighted by atomic mass is 10.0. The summed E-state index contributed by atoms with van der Waals surface area (Å²) in [7, 11) is 0. The van der Waals surface area contributed by atoms with Crippen LogP contribution < -0.4 is 0 Å². The van der Waals surface area contributed by atoms with Crippen LogP contribution in [0.5, 0.6) is 5.75 Å². The molecule has 0 aliphatic heterocycles. The quantitative estimate of drug-likeness (QED) is 0.681. The number of benzene rings is 2. The van der Waals surface area contributed by atoms with Crippen LogP contribution in [0.25, 0.3) is 0 Å². The van der Waals surface area contributed by atoms with E-state index in [-0.39, 0.29) is 26.9 Å². The minimum Gasteiger partial charge on any atom is -0.507 e. The normalized spacial score (nSPS) is 10.3. The van der Waals surface area contributed by atoms with E-state index in [4.69, 9.17) is 23.2 Å². The van der Waals surface area contributed by atoms with E-state index in [0.717, 1.165) is 0 Å². The van der Waals surface area contributed by atoms with Crippen LogP contribution in [0.4, 0.5) is 0 Å². The zero-order valence-electron chi connectivity index (χ0n) is 10.3. The lowest BCUT2D eigenvalue weighted by molar-refractivity contribution is 0.0893. The molecule has 0 heterocycles. The molecule has 0 spiro atoms. The summed E-state index contributed by atoms with van der Waals surface area (Å²) in [4.78, 5) is 24.1. The maximum Gasteiger partial charge on any atom is 0.174 e. The molecule has 0 saturated heterocycles. The van der Waals surface area contributed by atoms with Crippen molar-refractivity contribution in [1.29, 1.82) is 0 Å². The zero-order valence-corrected chi connectivity index (χ0v) is 11.8. The molecule has 2 rings (SSSR count). The Labute approximate surface area is 125 Å². The van der Waals surface area contributed by atoms with Gasteiger partial charge in [0.15, 0.2) is 11.6 Å². The Morgan fingerprint density at radius 2 is 1.50 bits per heavy atom. The van der Waals surface area contributed by atoms with E-state index in [1.165, 1.54) is 24.3 Å². The van der Waals surface area contributed by atoms with Crippen molar-refractivity contribution >= 4 is 34.8 Å². The minimum atomic E-state index is -0.482. The number of carbonyl (C=O) groups is 2. The number of ketones is 2. The van der Waals surface area contributed by atoms with Crippen molar-refractivity contribution in [3.05, 3.63) is 63.6 Å². The summed E-state index contributed by atoms with van der Waals surface area (Å²) < 4.78 is 0. The molecule has 5 heteroatoms. The molecule has 0 aromatic heterocycles. The molecule has 1 N–H and O–H groups in total. The number of phenolic OH excluding ortho intramolecular Hbond substituents is 1. The molecule has 3 nitrogen and oxygen atoms in total. The predicted octanol–water partition coefficient (Wildman–Crippen LogP) is 4.15. The Bertz CT molecular complexity index is 660. The molecular formula is C15H10Cl2O3. The van der Waals surface area contributed by atoms with E-state index in [1.807, 2.05) is 0 Å². The van der Waals surface area contributed by atoms with Crippen molar-refractivity contribution in [2.75, 3.05) is 0 Å². The third-order valence-electron chi connectivity index (χ3n) is 2.77. The van der Waals surface area contributed by atoms with E-state index in [2.05, 4.69) is 0 Å². The summed E-state index contributed by atoms with van der Waals surface area (Å²) in [6.07, 6.45) is -0.402. The molecule has 2 aromatic carbocycles. The van der Waals surface area contributed by atoms with Crippen LogP contribution in [0.1, 0.15) is 27.1 Å². The second-order valence-corrected chi connectivity index (χ2v) is 4.95. The van der Waals surface area contributed by atoms with Crippen molar-refractivity contribution in [1.82, 2.24) is 0 Å². The van der Waals surface area contributed by atoms with E-state index in [1.54, 1.807) is 18.2 Å². The number of para-hydroxylation sites is 1. The Balaban J connectivity index is 2.25. The van der Waals surface area contributed by atoms with Gasteiger partial charge in [0.2, 0.25) is 0 Å². The molecule has 0 amide bonds. The van der Waals surface area contributed by atoms with Crippen molar-refractivity contribution in [3.63, 3.8) is 0 Å². The molecular weight excluding hydrogens is 299 g/mol. The molecule has 2 aromatic rings. The third kappa shape index (κ3) is 3.00. The highest BCUT2D eigenvalue weighted by atomic mass is 35.5. The number of halogens is 2. The molecule has 0 atom stereocenters. The molecule has 0 radical (unpaired) electrons. The summed E-state index contributed by atoms with van der Waals surface area (Å²) in [5, 5.41) is 9.99. The number of hydrogen-bond acceptors (Lipinski definition) is 3. The molecule has 20 heavy (non-hydrogen) atoms. The van der Waals surface area contributed by atoms with Gasteiger partial charge in [-0.15, -0.1) is 0 Å². The summed E-state index contributed by atoms with van der Waals surface area (Å²) in [6.45, 7) is 0. The largest absolute Gasteiger partial charge is 0.507 e. The molecule has 0 unspecified atom stereocenters. The third-order valence-corrected chi connectivity index (χ3v) is 3.40. The number of Topliss-reactive ketones (excluding diaryl/α,β-unsaturated/α-hetero) is 2. The molecule has 102 valence electrons. The zero-order chi connectivity index (χ0) is 14.7. The van der Waals surface area contributed by atoms with Gasteiger partial charge in [0.1, 0.15) is 5.75 Å². The molecule has 0 aliphatic carbocycles. The van der Waals surface area contributed by atoms with Crippen LogP contribution in [0.2, 0.25) is 10.0 Å². The fourth-order valence-corrected chi connectivity index (χ4v) is 2.41. The van der Waals surface area contributed by atoms with E-state index in [9.17, 15) is 14.7 Å². The van der Waals surface area contributed by atoms with Crippen molar-refractivity contribution in [2.45, 2.75) is 6.42 Å². The Morgan fingerprint density at radius 1 is 0.900 bits per heavy atom. The first kappa shape index (κ1) is 14.6. The molecule has 0 saturated carbocycles. The van der Waals surface area contributed by atoms with Gasteiger partial charge in [-0.25, -0.2) is 0 Å². The van der Waals surface area contributed by atoms with Crippen molar-refractivity contribution < 1.29 is 14.7 Å². The van der Waals surface area contributed by atoms with Crippen LogP contribution in [0, 0.1) is 0 Å². The van der Waals surface area contributed by atoms with Crippen molar-refractivity contribution in [2.24, 2.45) is 0 Å². The Hall–Kier alpha value is -1.84. The SMILES string of the molecule is O=C(CC(=O)c1c(Cl)cccc1Cl)c1ccccc1O. The highest BCUT2D eigenvalue weighted by Gasteiger charge is 2.20. The van der Waals surface area contributed by atoms with Gasteiger partial charge in [-0.2, -0.15) is 0 Å². The smallest absolute Gasteiger partial charge is 0.174 e. The summed E-state index contributed by atoms with van der Waals surface area (Å²) in [6, 6.07) is 10.7. The number of aromatic hydroxyl groups is 1. The fraction of sp³-hybridized carbons (Fsp3) is 0.0667. The first-order valence-corrected chi connectivity index (χ1v) is 6.54. The van der Waals surface area contributed by atoms with Gasteiger partial charge in [-0.1, -0.05) is 41.4 Å². The first-order valence-electron chi connectivity index (χ1n) is 5.79. The van der Waals surface area contributed by atoms with Gasteiger partial charge in [0, 0.05) is 0 Å². The maximum atomic E-state index is 12.1. The predicted molar refractivity (Wildman–Crippen MR) is 77.8 cm³/mol. The summed E-state index contributed by atoms with van der Waals surface area (Å²) in [5.41, 5.74) is 0.226. The molecule has 0 aliphatic rings. The van der Waals surface area contributed by atoms with Crippen LogP contribution in [0.15, 0.2) is 42.5 Å². The van der Waals surface area contributed by atoms with Crippen molar-refractivity contribution in [3.8, 4) is 5.75 Å². The van der Waals surface area contributed by atoms with Gasteiger partial charge in [0.25, 0.3) is 0 Å². The second-order valence-electron chi connectivity index (χ2n) is 4.14. The van der Waals surface area contributed by atoms with Crippen LogP contribution in [-0.4, -0.2) is 16.7 Å². The number of carbonyl (C=O) groups excluding carboxylic acids is 2. The summed E-state index contributed by atoms with van der Waals surface area (Å²) in [5.74, 6) is -1.12. The standard InChI is InChI=1S/C15H10Cl2O3/c16-10-5-3-6-11(17)15(10)14(20)8-13(19)9-4-1-2-7-12(9)18/h1-7,18H,8H2. The average Bonchev–Trinajstić information content (AvgIpc) is 2.38. The monoisotopic (exact) mass is 308 g/mol. The topological polar surface area (TPSA) is 54.4 Å². The second kappa shape index (κ2) is 6.07. The first-order chi connectivity index (χ1) is 9.50. The minimum absolute atomic E-state index is 0.101. The lowest BCUT2D eigenvalue weighted by Gasteiger charge is -2.06. The number of rotatable bonds is 4. The van der Waals surface area contributed by atoms with Gasteiger partial charge < -0.3 is 5.11 Å². The fourth-order valence-electron chi connectivity index (χ4n) is 1.80. The van der Waals surface area contributed by atoms with E-state index < -0.39 is 18.0 Å². The molecule has 0 fully saturated rings. The number of phenols is 1. The Kier molecular flexibility index (Phi) is 4.42. The van der Waals surface area contributed by atoms with Crippen LogP contribution in [0.3, 0.4) is 0 Å². The van der Waals surface area contributed by atoms with E-state index in [0.29, 0.717) is 0 Å². The van der Waals surface area contributed by atoms with Crippen LogP contribution in [-0.2, 0) is 0 Å². The van der Waals surface area contributed by atoms with E-state index >= 15 is 0 Å². The Morgan fingerprint density at radius 3 is 2.10 bits per heavy atom. The average molecular weight is 309 g/mol. The van der Waals surface area contributed by atoms with Gasteiger partial charge >= 0.3 is 0 Å². The molecule has 0 bridgehead atoms. The van der Waals surface area contributed by atoms with Gasteiger partial charge in [-0.05, 0) is 24.3 Å². The lowest BCUT2D eigenvalue weighted by Crippen LogP contribution is -2.09. The highest BCUT2D eigenvalue weighted by molar-refractivity contribution is 6.40. The number of hydrogen-bond donors (Lipinski definition) is 1. The van der Waals surface area contributed by atoms with Gasteiger partial charge in [0.05, 0.1) is 27.6 Å². The van der Waals surface area contributed by atoms with Crippen LogP contribution >= 0.6 is 23.2 Å². The van der Waals surface area contributed by atoms with Gasteiger partial charge in [-0.3, -0.25) is 9.59 Å². The summed E-state index contributed by atoms with van der Waals surface area (Å²) >= 11 is 11.8. The highest BCUT2D eigenvalue weighted by Crippen LogP contribution is 2.26.